The minimum absolute atomic E-state index is 0.394. The molecule has 2 N–H and O–H groups in total. The summed E-state index contributed by atoms with van der Waals surface area (Å²) >= 11 is 0. The van der Waals surface area contributed by atoms with Gasteiger partial charge < -0.3 is 0 Å². The number of rotatable bonds is 2. The van der Waals surface area contributed by atoms with Crippen LogP contribution in [0.25, 0.3) is 17.5 Å². The van der Waals surface area contributed by atoms with Gasteiger partial charge in [0.2, 0.25) is 0 Å². The van der Waals surface area contributed by atoms with Crippen LogP contribution in [-0.4, -0.2) is 66.4 Å². The molecule has 0 saturated carbocycles. The lowest BCUT2D eigenvalue weighted by Crippen LogP contribution is -1.97. The van der Waals surface area contributed by atoms with E-state index in [4.69, 9.17) is 0 Å². The van der Waals surface area contributed by atoms with Crippen LogP contribution < -0.4 is 0 Å². The molecule has 4 rings (SSSR count). The van der Waals surface area contributed by atoms with Crippen LogP contribution in [-0.2, 0) is 0 Å². The molecule has 0 aromatic carbocycles. The van der Waals surface area contributed by atoms with E-state index in [9.17, 15) is 0 Å². The summed E-state index contributed by atoms with van der Waals surface area (Å²) in [5.41, 5.74) is 0.748. The van der Waals surface area contributed by atoms with E-state index in [1.54, 1.807) is 6.20 Å². The van der Waals surface area contributed by atoms with Gasteiger partial charge in [-0.15, -0.1) is 10.2 Å². The van der Waals surface area contributed by atoms with Crippen LogP contribution in [0.5, 0.6) is 0 Å². The molecule has 0 atom stereocenters. The van der Waals surface area contributed by atoms with Crippen molar-refractivity contribution in [2.24, 2.45) is 0 Å². The summed E-state index contributed by atoms with van der Waals surface area (Å²) in [6.07, 6.45) is 3.08. The van der Waals surface area contributed by atoms with E-state index in [1.165, 1.54) is 11.0 Å². The van der Waals surface area contributed by atoms with Crippen molar-refractivity contribution >= 4 is 0 Å². The Balaban J connectivity index is 0.000000126. The highest BCUT2D eigenvalue weighted by Gasteiger charge is 1.99. The van der Waals surface area contributed by atoms with Gasteiger partial charge in [0.1, 0.15) is 12.0 Å². The van der Waals surface area contributed by atoms with Gasteiger partial charge in [0, 0.05) is 6.20 Å². The highest BCUT2D eigenvalue weighted by atomic mass is 15.6. The van der Waals surface area contributed by atoms with Gasteiger partial charge in [-0.2, -0.15) is 4.68 Å². The Morgan fingerprint density at radius 3 is 2.48 bits per heavy atom. The zero-order valence-corrected chi connectivity index (χ0v) is 10.3. The molecular formula is C8H7N13. The number of nitrogens with one attached hydrogen (secondary N) is 2. The number of hydrogen-bond donors (Lipinski definition) is 2. The lowest BCUT2D eigenvalue weighted by atomic mass is 10.3. The molecule has 0 spiro atoms. The average molecular weight is 285 g/mol. The summed E-state index contributed by atoms with van der Waals surface area (Å²) in [6, 6.07) is 5.56. The highest BCUT2D eigenvalue weighted by molar-refractivity contribution is 5.46. The van der Waals surface area contributed by atoms with Crippen molar-refractivity contribution in [2.45, 2.75) is 0 Å². The van der Waals surface area contributed by atoms with E-state index in [0.29, 0.717) is 11.8 Å². The van der Waals surface area contributed by atoms with Gasteiger partial charge in [0.05, 0.1) is 0 Å². The molecule has 0 aliphatic rings. The normalized spacial score (nSPS) is 9.90. The van der Waals surface area contributed by atoms with Crippen LogP contribution in [0.15, 0.2) is 30.7 Å². The molecule has 0 saturated heterocycles. The van der Waals surface area contributed by atoms with Crippen molar-refractivity contribution in [3.8, 4) is 17.5 Å². The summed E-state index contributed by atoms with van der Waals surface area (Å²) < 4.78 is 1.32. The van der Waals surface area contributed by atoms with Gasteiger partial charge in [0.15, 0.2) is 5.82 Å². The molecule has 4 aromatic heterocycles. The van der Waals surface area contributed by atoms with E-state index in [2.05, 4.69) is 61.8 Å². The molecule has 0 radical (unpaired) electrons. The maximum absolute atomic E-state index is 4.05. The molecule has 4 heterocycles. The second kappa shape index (κ2) is 6.00. The van der Waals surface area contributed by atoms with Crippen LogP contribution in [0.4, 0.5) is 0 Å². The number of H-pyrrole nitrogens is 2. The van der Waals surface area contributed by atoms with E-state index in [0.717, 1.165) is 5.69 Å². The van der Waals surface area contributed by atoms with Crippen molar-refractivity contribution in [2.75, 3.05) is 0 Å². The summed E-state index contributed by atoms with van der Waals surface area (Å²) in [6.45, 7) is 0. The molecule has 0 bridgehead atoms. The number of tetrazole rings is 3. The van der Waals surface area contributed by atoms with Crippen molar-refractivity contribution in [3.63, 3.8) is 0 Å². The van der Waals surface area contributed by atoms with Gasteiger partial charge in [-0.3, -0.25) is 4.98 Å². The number of nitrogens with zero attached hydrogens (tertiary/aromatic N) is 11. The smallest absolute Gasteiger partial charge is 0.253 e. The summed E-state index contributed by atoms with van der Waals surface area (Å²) in [5.74, 6) is 0.982. The van der Waals surface area contributed by atoms with E-state index < -0.39 is 0 Å². The first-order valence-electron chi connectivity index (χ1n) is 5.55. The fraction of sp³-hybridized carbons (Fsp3) is 0. The minimum Gasteiger partial charge on any atom is -0.253 e. The fourth-order valence-corrected chi connectivity index (χ4v) is 1.28. The van der Waals surface area contributed by atoms with Gasteiger partial charge in [0.25, 0.3) is 5.95 Å². The maximum atomic E-state index is 4.05. The molecule has 13 nitrogen and oxygen atoms in total. The largest absolute Gasteiger partial charge is 0.270 e. The number of aromatic nitrogens is 13. The number of hydrogen-bond acceptors (Lipinski definition) is 10. The second-order valence-corrected chi connectivity index (χ2v) is 3.44. The highest BCUT2D eigenvalue weighted by Crippen LogP contribution is 2.06. The summed E-state index contributed by atoms with van der Waals surface area (Å²) in [4.78, 5) is 4.05. The predicted octanol–water partition coefficient (Wildman–Crippen LogP) is -1.56. The predicted molar refractivity (Wildman–Crippen MR) is 64.3 cm³/mol. The first-order chi connectivity index (χ1) is 10.4. The molecule has 21 heavy (non-hydrogen) atoms. The molecule has 0 amide bonds. The molecule has 13 heteroatoms. The van der Waals surface area contributed by atoms with Crippen LogP contribution in [0.1, 0.15) is 0 Å². The van der Waals surface area contributed by atoms with Crippen LogP contribution >= 0.6 is 0 Å². The fourth-order valence-electron chi connectivity index (χ4n) is 1.28. The van der Waals surface area contributed by atoms with Crippen molar-refractivity contribution in [3.05, 3.63) is 30.7 Å². The second-order valence-electron chi connectivity index (χ2n) is 3.44. The number of pyridine rings is 1. The molecule has 0 aliphatic heterocycles. The zero-order valence-electron chi connectivity index (χ0n) is 10.3. The van der Waals surface area contributed by atoms with E-state index in [-0.39, 0.29) is 0 Å². The standard InChI is InChI=1S/C6H5N5.C2H2N8/c1-2-4-7-5(3-1)6-8-10-11-9-6;1-3-6-9-10(1)2-4-7-8-5-2/h1-4H,(H,8,9,10,11);1H,(H,4,5,7,8). The topological polar surface area (TPSA) is 165 Å². The lowest BCUT2D eigenvalue weighted by molar-refractivity contribution is 0.750. The Hall–Kier alpha value is -3.64. The number of aromatic amines is 2. The third-order valence-corrected chi connectivity index (χ3v) is 2.15. The molecule has 0 fully saturated rings. The Morgan fingerprint density at radius 1 is 0.952 bits per heavy atom. The van der Waals surface area contributed by atoms with Gasteiger partial charge in [-0.1, -0.05) is 11.2 Å². The summed E-state index contributed by atoms with van der Waals surface area (Å²) in [7, 11) is 0. The molecular weight excluding hydrogens is 278 g/mol. The van der Waals surface area contributed by atoms with Crippen molar-refractivity contribution in [1.29, 1.82) is 0 Å². The van der Waals surface area contributed by atoms with E-state index in [1.807, 2.05) is 18.2 Å². The molecule has 0 unspecified atom stereocenters. The van der Waals surface area contributed by atoms with Crippen LogP contribution in [0, 0.1) is 0 Å². The monoisotopic (exact) mass is 285 g/mol. The lowest BCUT2D eigenvalue weighted by Gasteiger charge is -1.89. The molecule has 0 aliphatic carbocycles. The Bertz CT molecular complexity index is 697. The first-order valence-corrected chi connectivity index (χ1v) is 5.55. The average Bonchev–Trinajstić information content (AvgIpc) is 3.29. The van der Waals surface area contributed by atoms with Crippen LogP contribution in [0.2, 0.25) is 0 Å². The SMILES string of the molecule is c1ccc(-c2nnn[nH]2)nc1.c1nnnn1-c1nnn[nH]1. The van der Waals surface area contributed by atoms with Crippen molar-refractivity contribution in [1.82, 2.24) is 66.4 Å². The molecule has 104 valence electrons. The van der Waals surface area contributed by atoms with E-state index >= 15 is 0 Å². The zero-order chi connectivity index (χ0) is 14.3. The van der Waals surface area contributed by atoms with Crippen molar-refractivity contribution < 1.29 is 0 Å². The minimum atomic E-state index is 0.394. The maximum Gasteiger partial charge on any atom is 0.270 e. The van der Waals surface area contributed by atoms with Gasteiger partial charge in [-0.25, -0.2) is 10.2 Å². The Kier molecular flexibility index (Phi) is 3.54. The Morgan fingerprint density at radius 2 is 1.86 bits per heavy atom. The van der Waals surface area contributed by atoms with Gasteiger partial charge in [-0.05, 0) is 43.4 Å². The first kappa shape index (κ1) is 12.4. The van der Waals surface area contributed by atoms with Crippen LogP contribution in [0.3, 0.4) is 0 Å². The Labute approximate surface area is 115 Å². The third kappa shape index (κ3) is 3.03. The quantitative estimate of drug-likeness (QED) is 0.439. The van der Waals surface area contributed by atoms with Gasteiger partial charge >= 0.3 is 0 Å². The third-order valence-electron chi connectivity index (χ3n) is 2.15. The molecule has 4 aromatic rings. The summed E-state index contributed by atoms with van der Waals surface area (Å²) in [5, 5.41) is 36.3.